The first kappa shape index (κ1) is 23.9. The monoisotopic (exact) mass is 425 g/mol. The number of amides is 1. The lowest BCUT2D eigenvalue weighted by atomic mass is 10.1. The number of ether oxygens (including phenoxy) is 1. The van der Waals surface area contributed by atoms with E-state index in [1.54, 1.807) is 0 Å². The topological polar surface area (TPSA) is 58.8 Å². The second-order valence-electron chi connectivity index (χ2n) is 6.47. The molecular weight excluding hydrogens is 397 g/mol. The molecule has 1 amide bonds. The Balaban J connectivity index is 0.00000196. The summed E-state index contributed by atoms with van der Waals surface area (Å²) in [6.45, 7) is 5.77. The number of nitrogens with zero attached hydrogens (tertiary/aromatic N) is 2. The number of anilines is 2. The average molecular weight is 426 g/mol. The molecule has 2 N–H and O–H groups in total. The SMILES string of the molecule is CCOc1ccccc1N1CCN(C(=O)CCc2ccccc2N)CC1.Cl.Cl. The maximum absolute atomic E-state index is 12.5. The largest absolute Gasteiger partial charge is 0.492 e. The van der Waals surface area contributed by atoms with Crippen molar-refractivity contribution in [3.63, 3.8) is 0 Å². The first-order valence-electron chi connectivity index (χ1n) is 9.27. The van der Waals surface area contributed by atoms with Crippen LogP contribution in [0, 0.1) is 0 Å². The van der Waals surface area contributed by atoms with E-state index in [4.69, 9.17) is 10.5 Å². The van der Waals surface area contributed by atoms with Crippen molar-refractivity contribution >= 4 is 42.1 Å². The van der Waals surface area contributed by atoms with Gasteiger partial charge in [0.2, 0.25) is 5.91 Å². The highest BCUT2D eigenvalue weighted by Crippen LogP contribution is 2.29. The summed E-state index contributed by atoms with van der Waals surface area (Å²) in [6, 6.07) is 15.9. The molecule has 1 aliphatic heterocycles. The van der Waals surface area contributed by atoms with Gasteiger partial charge in [0.25, 0.3) is 0 Å². The Labute approximate surface area is 179 Å². The summed E-state index contributed by atoms with van der Waals surface area (Å²) >= 11 is 0. The molecule has 1 aliphatic rings. The summed E-state index contributed by atoms with van der Waals surface area (Å²) in [5, 5.41) is 0. The van der Waals surface area contributed by atoms with Crippen LogP contribution in [-0.2, 0) is 11.2 Å². The van der Waals surface area contributed by atoms with Crippen molar-refractivity contribution in [2.24, 2.45) is 0 Å². The number of hydrogen-bond donors (Lipinski definition) is 1. The molecule has 154 valence electrons. The predicted octanol–water partition coefficient (Wildman–Crippen LogP) is 3.79. The smallest absolute Gasteiger partial charge is 0.223 e. The Hall–Kier alpha value is -2.11. The van der Waals surface area contributed by atoms with Crippen LogP contribution >= 0.6 is 24.8 Å². The molecule has 0 saturated carbocycles. The van der Waals surface area contributed by atoms with Crippen LogP contribution in [0.25, 0.3) is 0 Å². The number of aryl methyl sites for hydroxylation is 1. The summed E-state index contributed by atoms with van der Waals surface area (Å²) in [4.78, 5) is 16.8. The van der Waals surface area contributed by atoms with E-state index >= 15 is 0 Å². The van der Waals surface area contributed by atoms with E-state index in [0.29, 0.717) is 19.4 Å². The number of piperazine rings is 1. The second kappa shape index (κ2) is 11.7. The number of nitrogen functional groups attached to an aromatic ring is 1. The van der Waals surface area contributed by atoms with Gasteiger partial charge < -0.3 is 20.3 Å². The molecule has 0 unspecified atom stereocenters. The van der Waals surface area contributed by atoms with E-state index in [1.165, 1.54) is 0 Å². The van der Waals surface area contributed by atoms with Gasteiger partial charge in [-0.2, -0.15) is 0 Å². The Morgan fingerprint density at radius 3 is 2.32 bits per heavy atom. The fraction of sp³-hybridized carbons (Fsp3) is 0.381. The minimum absolute atomic E-state index is 0. The van der Waals surface area contributed by atoms with E-state index in [-0.39, 0.29) is 30.7 Å². The van der Waals surface area contributed by atoms with Crippen molar-refractivity contribution in [2.75, 3.05) is 43.4 Å². The van der Waals surface area contributed by atoms with Crippen LogP contribution in [0.1, 0.15) is 18.9 Å². The Bertz CT molecular complexity index is 750. The van der Waals surface area contributed by atoms with Crippen LogP contribution in [0.15, 0.2) is 48.5 Å². The van der Waals surface area contributed by atoms with Crippen molar-refractivity contribution in [2.45, 2.75) is 19.8 Å². The lowest BCUT2D eigenvalue weighted by Gasteiger charge is -2.36. The van der Waals surface area contributed by atoms with Gasteiger partial charge in [-0.05, 0) is 37.1 Å². The van der Waals surface area contributed by atoms with Gasteiger partial charge in [0, 0.05) is 38.3 Å². The average Bonchev–Trinajstić information content (AvgIpc) is 2.68. The Morgan fingerprint density at radius 2 is 1.64 bits per heavy atom. The van der Waals surface area contributed by atoms with Gasteiger partial charge in [-0.3, -0.25) is 4.79 Å². The minimum Gasteiger partial charge on any atom is -0.492 e. The molecule has 0 aliphatic carbocycles. The standard InChI is InChI=1S/C21H27N3O2.2ClH/c1-2-26-20-10-6-5-9-19(20)23-13-15-24(16-14-23)21(25)12-11-17-7-3-4-8-18(17)22;;/h3-10H,2,11-16,22H2,1H3;2*1H. The van der Waals surface area contributed by atoms with Gasteiger partial charge in [0.05, 0.1) is 12.3 Å². The molecule has 0 bridgehead atoms. The van der Waals surface area contributed by atoms with Crippen molar-refractivity contribution in [3.8, 4) is 5.75 Å². The zero-order chi connectivity index (χ0) is 18.4. The van der Waals surface area contributed by atoms with Crippen LogP contribution in [-0.4, -0.2) is 43.6 Å². The molecular formula is C21H29Cl2N3O2. The maximum Gasteiger partial charge on any atom is 0.223 e. The minimum atomic E-state index is 0. The Morgan fingerprint density at radius 1 is 1.00 bits per heavy atom. The highest BCUT2D eigenvalue weighted by molar-refractivity contribution is 5.85. The van der Waals surface area contributed by atoms with E-state index in [9.17, 15) is 4.79 Å². The molecule has 28 heavy (non-hydrogen) atoms. The normalized spacial score (nSPS) is 13.3. The van der Waals surface area contributed by atoms with Gasteiger partial charge in [0.15, 0.2) is 0 Å². The third-order valence-electron chi connectivity index (χ3n) is 4.80. The van der Waals surface area contributed by atoms with Crippen LogP contribution in [0.4, 0.5) is 11.4 Å². The lowest BCUT2D eigenvalue weighted by molar-refractivity contribution is -0.131. The van der Waals surface area contributed by atoms with Gasteiger partial charge in [-0.25, -0.2) is 0 Å². The summed E-state index contributed by atoms with van der Waals surface area (Å²) < 4.78 is 5.73. The number of para-hydroxylation sites is 3. The molecule has 2 aromatic rings. The summed E-state index contributed by atoms with van der Waals surface area (Å²) in [5.41, 5.74) is 8.88. The van der Waals surface area contributed by atoms with Crippen LogP contribution in [0.3, 0.4) is 0 Å². The molecule has 0 atom stereocenters. The lowest BCUT2D eigenvalue weighted by Crippen LogP contribution is -2.49. The number of benzene rings is 2. The fourth-order valence-electron chi connectivity index (χ4n) is 3.35. The van der Waals surface area contributed by atoms with Crippen molar-refractivity contribution in [3.05, 3.63) is 54.1 Å². The number of halogens is 2. The fourth-order valence-corrected chi connectivity index (χ4v) is 3.35. The highest BCUT2D eigenvalue weighted by Gasteiger charge is 2.22. The van der Waals surface area contributed by atoms with E-state index < -0.39 is 0 Å². The van der Waals surface area contributed by atoms with Gasteiger partial charge >= 0.3 is 0 Å². The van der Waals surface area contributed by atoms with Gasteiger partial charge in [0.1, 0.15) is 5.75 Å². The van der Waals surface area contributed by atoms with E-state index in [0.717, 1.165) is 48.9 Å². The van der Waals surface area contributed by atoms with Crippen LogP contribution in [0.2, 0.25) is 0 Å². The molecule has 0 radical (unpaired) electrons. The molecule has 1 fully saturated rings. The second-order valence-corrected chi connectivity index (χ2v) is 6.47. The molecule has 7 heteroatoms. The third-order valence-corrected chi connectivity index (χ3v) is 4.80. The quantitative estimate of drug-likeness (QED) is 0.715. The zero-order valence-electron chi connectivity index (χ0n) is 16.2. The van der Waals surface area contributed by atoms with Gasteiger partial charge in [-0.15, -0.1) is 24.8 Å². The molecule has 0 aromatic heterocycles. The van der Waals surface area contributed by atoms with Crippen molar-refractivity contribution in [1.29, 1.82) is 0 Å². The van der Waals surface area contributed by atoms with Crippen LogP contribution < -0.4 is 15.4 Å². The van der Waals surface area contributed by atoms with E-state index in [1.807, 2.05) is 54.3 Å². The van der Waals surface area contributed by atoms with Crippen molar-refractivity contribution < 1.29 is 9.53 Å². The molecule has 1 saturated heterocycles. The molecule has 3 rings (SSSR count). The summed E-state index contributed by atoms with van der Waals surface area (Å²) in [6.07, 6.45) is 1.20. The molecule has 1 heterocycles. The first-order valence-corrected chi connectivity index (χ1v) is 9.27. The molecule has 5 nitrogen and oxygen atoms in total. The van der Waals surface area contributed by atoms with Crippen molar-refractivity contribution in [1.82, 2.24) is 4.90 Å². The summed E-state index contributed by atoms with van der Waals surface area (Å²) in [5.74, 6) is 1.11. The number of hydrogen-bond acceptors (Lipinski definition) is 4. The molecule has 2 aromatic carbocycles. The first-order chi connectivity index (χ1) is 12.7. The number of nitrogens with two attached hydrogens (primary N) is 1. The molecule has 0 spiro atoms. The zero-order valence-corrected chi connectivity index (χ0v) is 17.8. The Kier molecular flexibility index (Phi) is 9.97. The predicted molar refractivity (Wildman–Crippen MR) is 120 cm³/mol. The third kappa shape index (κ3) is 5.94. The number of rotatable bonds is 6. The van der Waals surface area contributed by atoms with E-state index in [2.05, 4.69) is 11.0 Å². The summed E-state index contributed by atoms with van der Waals surface area (Å²) in [7, 11) is 0. The number of carbonyl (C=O) groups excluding carboxylic acids is 1. The maximum atomic E-state index is 12.5. The number of carbonyl (C=O) groups is 1. The van der Waals surface area contributed by atoms with Gasteiger partial charge in [-0.1, -0.05) is 30.3 Å². The van der Waals surface area contributed by atoms with Crippen LogP contribution in [0.5, 0.6) is 5.75 Å². The highest BCUT2D eigenvalue weighted by atomic mass is 35.5.